The first kappa shape index (κ1) is 11.0. The Balaban J connectivity index is 3.06. The minimum absolute atomic E-state index is 0.272. The number of halogens is 1. The molecule has 5 N–H and O–H groups in total. The Morgan fingerprint density at radius 1 is 1.57 bits per heavy atom. The number of carboxylic acids is 1. The van der Waals surface area contributed by atoms with E-state index in [2.05, 4.69) is 21.4 Å². The van der Waals surface area contributed by atoms with E-state index in [9.17, 15) is 9.90 Å². The van der Waals surface area contributed by atoms with Crippen LogP contribution in [0.4, 0.5) is 5.69 Å². The summed E-state index contributed by atoms with van der Waals surface area (Å²) in [5.41, 5.74) is 3.17. The predicted octanol–water partition coefficient (Wildman–Crippen LogP) is 0.853. The van der Waals surface area contributed by atoms with Crippen molar-refractivity contribution in [2.45, 2.75) is 6.10 Å². The van der Waals surface area contributed by atoms with Crippen molar-refractivity contribution in [1.82, 2.24) is 0 Å². The fourth-order valence-corrected chi connectivity index (χ4v) is 1.33. The molecule has 0 bridgehead atoms. The molecular formula is C8H9BrN2O3. The molecule has 0 amide bonds. The minimum Gasteiger partial charge on any atom is -0.479 e. The van der Waals surface area contributed by atoms with Gasteiger partial charge in [-0.3, -0.25) is 5.84 Å². The molecule has 0 heterocycles. The number of rotatable bonds is 3. The van der Waals surface area contributed by atoms with E-state index >= 15 is 0 Å². The van der Waals surface area contributed by atoms with Gasteiger partial charge in [0.05, 0.1) is 5.69 Å². The molecule has 6 heteroatoms. The van der Waals surface area contributed by atoms with E-state index in [0.717, 1.165) is 0 Å². The minimum atomic E-state index is -1.53. The third-order valence-corrected chi connectivity index (χ3v) is 2.39. The third kappa shape index (κ3) is 2.22. The number of nitrogens with two attached hydrogens (primary N) is 1. The Morgan fingerprint density at radius 2 is 2.21 bits per heavy atom. The van der Waals surface area contributed by atoms with Crippen LogP contribution in [0.3, 0.4) is 0 Å². The maximum absolute atomic E-state index is 10.5. The van der Waals surface area contributed by atoms with Crippen LogP contribution in [0, 0.1) is 0 Å². The Labute approximate surface area is 88.6 Å². The van der Waals surface area contributed by atoms with Crippen LogP contribution >= 0.6 is 15.9 Å². The Bertz CT molecular complexity index is 356. The van der Waals surface area contributed by atoms with Gasteiger partial charge in [-0.1, -0.05) is 6.07 Å². The van der Waals surface area contributed by atoms with Gasteiger partial charge in [-0.05, 0) is 33.6 Å². The van der Waals surface area contributed by atoms with Gasteiger partial charge in [0.2, 0.25) is 0 Å². The number of nitrogens with one attached hydrogen (secondary N) is 1. The number of nitrogen functional groups attached to an aromatic ring is 1. The van der Waals surface area contributed by atoms with E-state index < -0.39 is 12.1 Å². The number of aliphatic carboxylic acids is 1. The van der Waals surface area contributed by atoms with Crippen molar-refractivity contribution in [2.24, 2.45) is 5.84 Å². The molecule has 1 aromatic rings. The number of aliphatic hydroxyl groups is 1. The predicted molar refractivity (Wildman–Crippen MR) is 54.5 cm³/mol. The van der Waals surface area contributed by atoms with E-state index in [-0.39, 0.29) is 5.56 Å². The Kier molecular flexibility index (Phi) is 3.45. The lowest BCUT2D eigenvalue weighted by molar-refractivity contribution is -0.146. The molecule has 0 aliphatic rings. The molecule has 5 nitrogen and oxygen atoms in total. The molecule has 1 atom stereocenters. The number of hydrogen-bond acceptors (Lipinski definition) is 4. The van der Waals surface area contributed by atoms with Gasteiger partial charge in [-0.15, -0.1) is 0 Å². The summed E-state index contributed by atoms with van der Waals surface area (Å²) < 4.78 is 0.696. The molecule has 1 rings (SSSR count). The highest BCUT2D eigenvalue weighted by molar-refractivity contribution is 9.10. The number of carbonyl (C=O) groups is 1. The maximum atomic E-state index is 10.5. The van der Waals surface area contributed by atoms with Crippen LogP contribution in [-0.2, 0) is 4.79 Å². The molecule has 0 fully saturated rings. The van der Waals surface area contributed by atoms with Crippen molar-refractivity contribution < 1.29 is 15.0 Å². The lowest BCUT2D eigenvalue weighted by Crippen LogP contribution is -2.12. The van der Waals surface area contributed by atoms with Crippen LogP contribution in [0.5, 0.6) is 0 Å². The summed E-state index contributed by atoms with van der Waals surface area (Å²) in [5, 5.41) is 17.8. The monoisotopic (exact) mass is 260 g/mol. The highest BCUT2D eigenvalue weighted by atomic mass is 79.9. The van der Waals surface area contributed by atoms with Gasteiger partial charge in [0, 0.05) is 4.47 Å². The Hall–Kier alpha value is -1.11. The van der Waals surface area contributed by atoms with E-state index in [0.29, 0.717) is 10.2 Å². The van der Waals surface area contributed by atoms with E-state index in [1.54, 1.807) is 6.07 Å². The summed E-state index contributed by atoms with van der Waals surface area (Å²) in [6.07, 6.45) is -1.53. The van der Waals surface area contributed by atoms with Gasteiger partial charge < -0.3 is 15.6 Å². The van der Waals surface area contributed by atoms with Crippen LogP contribution in [0.15, 0.2) is 22.7 Å². The molecule has 1 unspecified atom stereocenters. The average molecular weight is 261 g/mol. The van der Waals surface area contributed by atoms with Crippen LogP contribution in [0.25, 0.3) is 0 Å². The topological polar surface area (TPSA) is 95.6 Å². The van der Waals surface area contributed by atoms with Gasteiger partial charge in [0.1, 0.15) is 0 Å². The number of benzene rings is 1. The number of aliphatic hydroxyl groups excluding tert-OH is 1. The van der Waals surface area contributed by atoms with Gasteiger partial charge in [0.25, 0.3) is 0 Å². The van der Waals surface area contributed by atoms with Crippen molar-refractivity contribution in [3.05, 3.63) is 28.2 Å². The summed E-state index contributed by atoms with van der Waals surface area (Å²) in [5.74, 6) is 3.89. The zero-order valence-electron chi connectivity index (χ0n) is 7.07. The fourth-order valence-electron chi connectivity index (χ4n) is 0.966. The molecule has 0 aromatic heterocycles. The summed E-state index contributed by atoms with van der Waals surface area (Å²) in [4.78, 5) is 10.5. The first-order valence-electron chi connectivity index (χ1n) is 3.73. The molecule has 0 saturated heterocycles. The summed E-state index contributed by atoms with van der Waals surface area (Å²) in [6, 6.07) is 4.57. The quantitative estimate of drug-likeness (QED) is 0.478. The molecule has 0 spiro atoms. The van der Waals surface area contributed by atoms with Crippen molar-refractivity contribution in [1.29, 1.82) is 0 Å². The van der Waals surface area contributed by atoms with Crippen molar-refractivity contribution in [3.8, 4) is 0 Å². The number of anilines is 1. The average Bonchev–Trinajstić information content (AvgIpc) is 2.17. The summed E-state index contributed by atoms with van der Waals surface area (Å²) >= 11 is 3.21. The molecule has 0 aliphatic carbocycles. The molecule has 1 aromatic carbocycles. The van der Waals surface area contributed by atoms with Gasteiger partial charge in [-0.2, -0.15) is 0 Å². The molecule has 0 radical (unpaired) electrons. The summed E-state index contributed by atoms with van der Waals surface area (Å²) in [6.45, 7) is 0. The summed E-state index contributed by atoms with van der Waals surface area (Å²) in [7, 11) is 0. The second-order valence-electron chi connectivity index (χ2n) is 2.62. The largest absolute Gasteiger partial charge is 0.479 e. The molecule has 0 aliphatic heterocycles. The lowest BCUT2D eigenvalue weighted by atomic mass is 10.1. The molecule has 76 valence electrons. The maximum Gasteiger partial charge on any atom is 0.337 e. The number of hydrazine groups is 1. The zero-order valence-corrected chi connectivity index (χ0v) is 8.65. The highest BCUT2D eigenvalue weighted by Crippen LogP contribution is 2.25. The van der Waals surface area contributed by atoms with Crippen molar-refractivity contribution in [2.75, 3.05) is 5.43 Å². The number of hydrogen-bond donors (Lipinski definition) is 4. The van der Waals surface area contributed by atoms with Crippen molar-refractivity contribution in [3.63, 3.8) is 0 Å². The zero-order chi connectivity index (χ0) is 10.7. The third-order valence-electron chi connectivity index (χ3n) is 1.70. The second kappa shape index (κ2) is 4.41. The smallest absolute Gasteiger partial charge is 0.337 e. The van der Waals surface area contributed by atoms with Crippen molar-refractivity contribution >= 4 is 27.6 Å². The first-order valence-corrected chi connectivity index (χ1v) is 4.52. The molecule has 0 saturated carbocycles. The lowest BCUT2D eigenvalue weighted by Gasteiger charge is -2.09. The SMILES string of the molecule is NNc1cc(C(O)C(=O)O)ccc1Br. The van der Waals surface area contributed by atoms with Gasteiger partial charge in [-0.25, -0.2) is 4.79 Å². The number of carboxylic acid groups (broad SMARTS) is 1. The van der Waals surface area contributed by atoms with Crippen LogP contribution in [0.2, 0.25) is 0 Å². The second-order valence-corrected chi connectivity index (χ2v) is 3.48. The van der Waals surface area contributed by atoms with Crippen LogP contribution < -0.4 is 11.3 Å². The fraction of sp³-hybridized carbons (Fsp3) is 0.125. The first-order chi connectivity index (χ1) is 6.56. The standard InChI is InChI=1S/C8H9BrN2O3/c9-5-2-1-4(3-6(5)11-10)7(12)8(13)14/h1-3,7,11-12H,10H2,(H,13,14). The van der Waals surface area contributed by atoms with E-state index in [1.807, 2.05) is 0 Å². The van der Waals surface area contributed by atoms with Crippen LogP contribution in [-0.4, -0.2) is 16.2 Å². The van der Waals surface area contributed by atoms with E-state index in [1.165, 1.54) is 12.1 Å². The Morgan fingerprint density at radius 3 is 2.71 bits per heavy atom. The normalized spacial score (nSPS) is 12.2. The van der Waals surface area contributed by atoms with Gasteiger partial charge >= 0.3 is 5.97 Å². The van der Waals surface area contributed by atoms with Crippen LogP contribution in [0.1, 0.15) is 11.7 Å². The molecular weight excluding hydrogens is 252 g/mol. The molecule has 14 heavy (non-hydrogen) atoms. The van der Waals surface area contributed by atoms with Gasteiger partial charge in [0.15, 0.2) is 6.10 Å². The van der Waals surface area contributed by atoms with E-state index in [4.69, 9.17) is 10.9 Å². The highest BCUT2D eigenvalue weighted by Gasteiger charge is 2.16.